The van der Waals surface area contributed by atoms with Crippen molar-refractivity contribution >= 4 is 56.0 Å². The largest absolute Gasteiger partial charge is 0.496 e. The molecule has 8 heteroatoms. The average molecular weight is 802 g/mol. The second-order valence-corrected chi connectivity index (χ2v) is 14.4. The van der Waals surface area contributed by atoms with E-state index in [0.29, 0.717) is 81.4 Å². The predicted molar refractivity (Wildman–Crippen MR) is 217 cm³/mol. The summed E-state index contributed by atoms with van der Waals surface area (Å²) in [6, 6.07) is 31.8. The second kappa shape index (κ2) is 19.5. The molecule has 0 unspecified atom stereocenters. The lowest BCUT2D eigenvalue weighted by atomic mass is 9.94. The molecule has 0 atom stereocenters. The van der Waals surface area contributed by atoms with Gasteiger partial charge in [0.25, 0.3) is 5.91 Å². The number of hydrogen-bond acceptors (Lipinski definition) is 5. The highest BCUT2D eigenvalue weighted by Crippen LogP contribution is 2.30. The molecule has 0 saturated carbocycles. The van der Waals surface area contributed by atoms with Gasteiger partial charge < -0.3 is 25.0 Å². The number of fused-ring (bicyclic) bond motifs is 2. The Morgan fingerprint density at radius 3 is 2.25 bits per heavy atom. The summed E-state index contributed by atoms with van der Waals surface area (Å²) in [5.74, 6) is 1.54. The molecule has 0 aliphatic carbocycles. The van der Waals surface area contributed by atoms with Crippen LogP contribution < -0.4 is 20.1 Å². The average Bonchev–Trinajstić information content (AvgIpc) is 3.14. The molecule has 268 valence electrons. The number of methoxy groups -OCH3 is 1. The lowest BCUT2D eigenvalue weighted by Gasteiger charge is -2.26. The van der Waals surface area contributed by atoms with Gasteiger partial charge in [0.1, 0.15) is 11.5 Å². The Hall–Kier alpha value is -4.15. The van der Waals surface area contributed by atoms with E-state index in [1.807, 2.05) is 71.6 Å². The summed E-state index contributed by atoms with van der Waals surface area (Å²) in [6.45, 7) is 6.95. The van der Waals surface area contributed by atoms with Crippen LogP contribution in [0, 0.1) is 9.49 Å². The van der Waals surface area contributed by atoms with Gasteiger partial charge in [-0.05, 0) is 137 Å². The van der Waals surface area contributed by atoms with Gasteiger partial charge in [0.05, 0.1) is 13.7 Å². The molecule has 0 spiro atoms. The number of halogens is 1. The molecular weight excluding hydrogens is 749 g/mol. The van der Waals surface area contributed by atoms with Gasteiger partial charge in [-0.25, -0.2) is 0 Å². The summed E-state index contributed by atoms with van der Waals surface area (Å²) < 4.78 is 30.2. The van der Waals surface area contributed by atoms with E-state index in [-0.39, 0.29) is 18.4 Å². The first kappa shape index (κ1) is 35.3. The predicted octanol–water partition coefficient (Wildman–Crippen LogP) is 8.79. The van der Waals surface area contributed by atoms with Crippen molar-refractivity contribution in [3.8, 4) is 11.5 Å². The normalized spacial score (nSPS) is 12.1. The summed E-state index contributed by atoms with van der Waals surface area (Å²) >= 11 is 2.23. The van der Waals surface area contributed by atoms with E-state index in [9.17, 15) is 9.59 Å². The van der Waals surface area contributed by atoms with Crippen molar-refractivity contribution in [3.63, 3.8) is 0 Å². The van der Waals surface area contributed by atoms with Crippen molar-refractivity contribution in [1.29, 1.82) is 0 Å². The van der Waals surface area contributed by atoms with Crippen molar-refractivity contribution in [2.75, 3.05) is 39.9 Å². The first-order valence-corrected chi connectivity index (χ1v) is 18.8. The van der Waals surface area contributed by atoms with Crippen molar-refractivity contribution in [2.45, 2.75) is 52.4 Å². The molecule has 51 heavy (non-hydrogen) atoms. The number of carbonyl (C=O) groups excluding carboxylic acids is 2. The number of aryl methyl sites for hydroxylation is 1. The molecule has 0 radical (unpaired) electrons. The van der Waals surface area contributed by atoms with Crippen molar-refractivity contribution in [2.24, 2.45) is 5.92 Å². The van der Waals surface area contributed by atoms with E-state index >= 15 is 0 Å². The Kier molecular flexibility index (Phi) is 13.5. The van der Waals surface area contributed by atoms with Crippen LogP contribution in [0.5, 0.6) is 11.5 Å². The summed E-state index contributed by atoms with van der Waals surface area (Å²) in [5.41, 5.74) is 2.59. The highest BCUT2D eigenvalue weighted by atomic mass is 127. The van der Waals surface area contributed by atoms with Crippen LogP contribution in [0.4, 0.5) is 0 Å². The van der Waals surface area contributed by atoms with Crippen LogP contribution >= 0.6 is 22.6 Å². The molecule has 0 aliphatic rings. The smallest absolute Gasteiger partial charge is 0.254 e. The fourth-order valence-corrected chi connectivity index (χ4v) is 6.56. The molecule has 0 saturated heterocycles. The van der Waals surface area contributed by atoms with E-state index < -0.39 is 6.37 Å². The van der Waals surface area contributed by atoms with Crippen LogP contribution in [-0.2, 0) is 17.8 Å². The number of hydrogen-bond donors (Lipinski definition) is 2. The minimum atomic E-state index is -1.44. The van der Waals surface area contributed by atoms with Crippen molar-refractivity contribution < 1.29 is 21.8 Å². The molecule has 0 bridgehead atoms. The van der Waals surface area contributed by atoms with E-state index in [0.717, 1.165) is 36.2 Å². The lowest BCUT2D eigenvalue weighted by molar-refractivity contribution is -0.121. The van der Waals surface area contributed by atoms with Gasteiger partial charge in [0.2, 0.25) is 5.91 Å². The molecule has 2 N–H and O–H groups in total. The van der Waals surface area contributed by atoms with Gasteiger partial charge in [-0.1, -0.05) is 62.4 Å². The first-order valence-electron chi connectivity index (χ1n) is 18.7. The molecule has 5 aromatic carbocycles. The number of ether oxygens (including phenoxy) is 2. The maximum Gasteiger partial charge on any atom is 0.254 e. The van der Waals surface area contributed by atoms with Crippen LogP contribution in [0.15, 0.2) is 97.1 Å². The molecule has 0 aliphatic heterocycles. The van der Waals surface area contributed by atoms with Gasteiger partial charge in [-0.15, -0.1) is 0 Å². The van der Waals surface area contributed by atoms with Gasteiger partial charge >= 0.3 is 0 Å². The maximum atomic E-state index is 13.4. The zero-order valence-corrected chi connectivity index (χ0v) is 32.0. The molecule has 0 heterocycles. The molecule has 0 fully saturated rings. The number of nitrogens with zero attached hydrogens (tertiary/aromatic N) is 1. The Balaban J connectivity index is 1.01. The summed E-state index contributed by atoms with van der Waals surface area (Å²) in [7, 11) is 1.61. The summed E-state index contributed by atoms with van der Waals surface area (Å²) in [6.07, 6.45) is 0.477. The number of carbonyl (C=O) groups is 2. The summed E-state index contributed by atoms with van der Waals surface area (Å²) in [4.78, 5) is 27.7. The highest BCUT2D eigenvalue weighted by Gasteiger charge is 2.19. The van der Waals surface area contributed by atoms with Crippen LogP contribution in [0.25, 0.3) is 21.5 Å². The highest BCUT2D eigenvalue weighted by molar-refractivity contribution is 14.1. The zero-order valence-electron chi connectivity index (χ0n) is 31.8. The zero-order chi connectivity index (χ0) is 37.8. The Morgan fingerprint density at radius 2 is 1.57 bits per heavy atom. The van der Waals surface area contributed by atoms with Crippen LogP contribution in [0.1, 0.15) is 63.7 Å². The molecule has 5 aromatic rings. The van der Waals surface area contributed by atoms with E-state index in [4.69, 9.17) is 12.2 Å². The minimum Gasteiger partial charge on any atom is -0.496 e. The van der Waals surface area contributed by atoms with Crippen molar-refractivity contribution in [1.82, 2.24) is 15.5 Å². The molecular formula is C43H50IN3O4. The van der Waals surface area contributed by atoms with Crippen LogP contribution in [0.3, 0.4) is 0 Å². The standard InChI is InChI=1S/C43H50IN3O4/c1-31(2)29-47(43(49)32-17-20-36(44)21-18-32)30-35-19-22-37(28-41(35)50-3)51-26-9-16-42(48)46-25-10-24-45-23-8-15-40-38-13-6-4-11-33(38)27-34-12-5-7-14-39(34)40/h4-7,11-14,17-22,27-28,31,45H,8-10,15-16,23-26,29-30H2,1-3H3,(H,46,48)/i8D2. The lowest BCUT2D eigenvalue weighted by Crippen LogP contribution is -2.33. The van der Waals surface area contributed by atoms with Gasteiger partial charge in [0.15, 0.2) is 0 Å². The number of rotatable bonds is 19. The fraction of sp³-hybridized carbons (Fsp3) is 0.349. The quantitative estimate of drug-likeness (QED) is 0.0496. The summed E-state index contributed by atoms with van der Waals surface area (Å²) in [5, 5.41) is 10.6. The van der Waals surface area contributed by atoms with Gasteiger partial charge in [-0.2, -0.15) is 0 Å². The van der Waals surface area contributed by atoms with Crippen LogP contribution in [-0.4, -0.2) is 56.6 Å². The van der Waals surface area contributed by atoms with Gasteiger partial charge in [0, 0.05) is 49.6 Å². The Bertz CT molecular complexity index is 1930. The molecule has 2 amide bonds. The second-order valence-electron chi connectivity index (χ2n) is 13.1. The van der Waals surface area contributed by atoms with Crippen molar-refractivity contribution in [3.05, 3.63) is 117 Å². The third-order valence-electron chi connectivity index (χ3n) is 8.69. The Labute approximate surface area is 319 Å². The Morgan fingerprint density at radius 1 is 0.863 bits per heavy atom. The minimum absolute atomic E-state index is 0.0172. The van der Waals surface area contributed by atoms with E-state index in [2.05, 4.69) is 77.4 Å². The molecule has 7 nitrogen and oxygen atoms in total. The van der Waals surface area contributed by atoms with E-state index in [1.54, 1.807) is 7.11 Å². The number of benzene rings is 5. The molecule has 0 aromatic heterocycles. The van der Waals surface area contributed by atoms with Gasteiger partial charge in [-0.3, -0.25) is 9.59 Å². The third-order valence-corrected chi connectivity index (χ3v) is 9.41. The maximum absolute atomic E-state index is 13.4. The monoisotopic (exact) mass is 801 g/mol. The number of nitrogens with one attached hydrogen (secondary N) is 2. The number of amides is 2. The van der Waals surface area contributed by atoms with Crippen LogP contribution in [0.2, 0.25) is 0 Å². The first-order chi connectivity index (χ1) is 25.5. The SMILES string of the molecule is [2H]C([2H])(CNCCCNC(=O)CCCOc1ccc(CN(CC(C)C)C(=O)c2ccc(I)cc2)c(OC)c1)Cc1c2ccccc2cc2ccccc12. The molecule has 5 rings (SSSR count). The topological polar surface area (TPSA) is 79.9 Å². The fourth-order valence-electron chi connectivity index (χ4n) is 6.20. The third kappa shape index (κ3) is 11.2. The van der Waals surface area contributed by atoms with E-state index in [1.165, 1.54) is 0 Å².